The molecule has 1 aromatic heterocycles. The van der Waals surface area contributed by atoms with Gasteiger partial charge in [0.15, 0.2) is 0 Å². The van der Waals surface area contributed by atoms with Gasteiger partial charge in [0.1, 0.15) is 0 Å². The third-order valence-electron chi connectivity index (χ3n) is 2.13. The molecule has 5 nitrogen and oxygen atoms in total. The summed E-state index contributed by atoms with van der Waals surface area (Å²) in [7, 11) is 0. The second-order valence-corrected chi connectivity index (χ2v) is 4.04. The minimum atomic E-state index is -0.124. The molecule has 0 saturated carbocycles. The summed E-state index contributed by atoms with van der Waals surface area (Å²) in [5.74, 6) is 0.529. The maximum absolute atomic E-state index is 11.4. The number of nitrogens with one attached hydrogen (secondary N) is 2. The fraction of sp³-hybridized carbons (Fsp3) is 0.636. The Hall–Kier alpha value is -1.36. The number of hydrogen-bond donors (Lipinski definition) is 2. The average Bonchev–Trinajstić information content (AvgIpc) is 2.75. The lowest BCUT2D eigenvalue weighted by molar-refractivity contribution is 0.0906. The van der Waals surface area contributed by atoms with E-state index in [1.54, 1.807) is 6.20 Å². The maximum Gasteiger partial charge on any atom is 0.254 e. The van der Waals surface area contributed by atoms with Gasteiger partial charge in [0, 0.05) is 19.3 Å². The summed E-state index contributed by atoms with van der Waals surface area (Å²) in [5, 5.41) is 9.04. The molecule has 1 aromatic rings. The molecule has 0 atom stereocenters. The van der Waals surface area contributed by atoms with Crippen molar-refractivity contribution in [3.63, 3.8) is 0 Å². The van der Waals surface area contributed by atoms with Gasteiger partial charge in [-0.2, -0.15) is 5.10 Å². The van der Waals surface area contributed by atoms with Gasteiger partial charge in [0.05, 0.1) is 18.4 Å². The van der Waals surface area contributed by atoms with Crippen molar-refractivity contribution in [2.24, 2.45) is 5.92 Å². The lowest BCUT2D eigenvalue weighted by Crippen LogP contribution is -2.27. The van der Waals surface area contributed by atoms with Crippen LogP contribution in [-0.4, -0.2) is 35.9 Å². The van der Waals surface area contributed by atoms with E-state index in [9.17, 15) is 4.79 Å². The van der Waals surface area contributed by atoms with Crippen molar-refractivity contribution in [1.29, 1.82) is 0 Å². The molecule has 1 rings (SSSR count). The Kier molecular flexibility index (Phi) is 5.56. The van der Waals surface area contributed by atoms with Gasteiger partial charge in [-0.3, -0.25) is 9.89 Å². The molecule has 0 saturated heterocycles. The number of amides is 1. The number of H-pyrrole nitrogens is 1. The van der Waals surface area contributed by atoms with E-state index in [1.807, 2.05) is 0 Å². The first-order valence-corrected chi connectivity index (χ1v) is 5.55. The van der Waals surface area contributed by atoms with E-state index < -0.39 is 0 Å². The first-order chi connectivity index (χ1) is 7.70. The fourth-order valence-electron chi connectivity index (χ4n) is 1.13. The molecule has 0 aliphatic heterocycles. The van der Waals surface area contributed by atoms with Crippen LogP contribution in [0.15, 0.2) is 12.4 Å². The van der Waals surface area contributed by atoms with Crippen LogP contribution in [0.3, 0.4) is 0 Å². The second-order valence-electron chi connectivity index (χ2n) is 4.04. The predicted octanol–water partition coefficient (Wildman–Crippen LogP) is 1.20. The number of aromatic nitrogens is 2. The number of carbonyl (C=O) groups excluding carboxylic acids is 1. The minimum Gasteiger partial charge on any atom is -0.380 e. The number of hydrogen-bond acceptors (Lipinski definition) is 3. The van der Waals surface area contributed by atoms with Crippen molar-refractivity contribution >= 4 is 5.91 Å². The largest absolute Gasteiger partial charge is 0.380 e. The first-order valence-electron chi connectivity index (χ1n) is 5.55. The highest BCUT2D eigenvalue weighted by Gasteiger charge is 2.04. The van der Waals surface area contributed by atoms with E-state index in [0.29, 0.717) is 24.6 Å². The van der Waals surface area contributed by atoms with Crippen molar-refractivity contribution in [1.82, 2.24) is 15.5 Å². The van der Waals surface area contributed by atoms with Crippen LogP contribution in [0.2, 0.25) is 0 Å². The number of carbonyl (C=O) groups is 1. The van der Waals surface area contributed by atoms with Crippen LogP contribution < -0.4 is 5.32 Å². The highest BCUT2D eigenvalue weighted by molar-refractivity contribution is 5.93. The molecular weight excluding hydrogens is 206 g/mol. The molecule has 0 bridgehead atoms. The van der Waals surface area contributed by atoms with Crippen LogP contribution in [-0.2, 0) is 4.74 Å². The smallest absolute Gasteiger partial charge is 0.254 e. The minimum absolute atomic E-state index is 0.124. The Morgan fingerprint density at radius 3 is 3.00 bits per heavy atom. The monoisotopic (exact) mass is 225 g/mol. The van der Waals surface area contributed by atoms with Crippen LogP contribution in [0.25, 0.3) is 0 Å². The Labute approximate surface area is 95.6 Å². The SMILES string of the molecule is CC(C)CCOCCNC(=O)c1cn[nH]c1. The molecule has 0 fully saturated rings. The highest BCUT2D eigenvalue weighted by atomic mass is 16.5. The summed E-state index contributed by atoms with van der Waals surface area (Å²) in [4.78, 5) is 11.4. The van der Waals surface area contributed by atoms with Crippen molar-refractivity contribution in [3.8, 4) is 0 Å². The molecule has 1 amide bonds. The van der Waals surface area contributed by atoms with Crippen LogP contribution in [0, 0.1) is 5.92 Å². The van der Waals surface area contributed by atoms with E-state index in [0.717, 1.165) is 13.0 Å². The molecule has 0 aliphatic rings. The first kappa shape index (κ1) is 12.7. The number of rotatable bonds is 7. The highest BCUT2D eigenvalue weighted by Crippen LogP contribution is 1.98. The molecule has 2 N–H and O–H groups in total. The van der Waals surface area contributed by atoms with Gasteiger partial charge in [-0.15, -0.1) is 0 Å². The standard InChI is InChI=1S/C11H19N3O2/c1-9(2)3-5-16-6-4-12-11(15)10-7-13-14-8-10/h7-9H,3-6H2,1-2H3,(H,12,15)(H,13,14). The van der Waals surface area contributed by atoms with Crippen LogP contribution in [0.4, 0.5) is 0 Å². The lowest BCUT2D eigenvalue weighted by atomic mass is 10.1. The predicted molar refractivity (Wildman–Crippen MR) is 61.2 cm³/mol. The molecule has 5 heteroatoms. The normalized spacial score (nSPS) is 10.7. The number of aromatic amines is 1. The third kappa shape index (κ3) is 4.93. The molecule has 0 aromatic carbocycles. The van der Waals surface area contributed by atoms with E-state index in [1.165, 1.54) is 6.20 Å². The van der Waals surface area contributed by atoms with E-state index in [2.05, 4.69) is 29.4 Å². The molecule has 16 heavy (non-hydrogen) atoms. The summed E-state index contributed by atoms with van der Waals surface area (Å²) in [6.07, 6.45) is 4.11. The quantitative estimate of drug-likeness (QED) is 0.685. The molecule has 0 aliphatic carbocycles. The van der Waals surface area contributed by atoms with Crippen molar-refractivity contribution in [3.05, 3.63) is 18.0 Å². The van der Waals surface area contributed by atoms with Crippen molar-refractivity contribution in [2.45, 2.75) is 20.3 Å². The summed E-state index contributed by atoms with van der Waals surface area (Å²) in [5.41, 5.74) is 0.544. The Bertz CT molecular complexity index is 296. The van der Waals surface area contributed by atoms with E-state index >= 15 is 0 Å². The molecule has 0 unspecified atom stereocenters. The summed E-state index contributed by atoms with van der Waals surface area (Å²) < 4.78 is 5.37. The lowest BCUT2D eigenvalue weighted by Gasteiger charge is -2.07. The summed E-state index contributed by atoms with van der Waals surface area (Å²) in [6, 6.07) is 0. The van der Waals surface area contributed by atoms with Crippen molar-refractivity contribution < 1.29 is 9.53 Å². The zero-order valence-corrected chi connectivity index (χ0v) is 9.82. The number of ether oxygens (including phenoxy) is 1. The molecule has 0 radical (unpaired) electrons. The summed E-state index contributed by atoms with van der Waals surface area (Å²) >= 11 is 0. The average molecular weight is 225 g/mol. The van der Waals surface area contributed by atoms with Crippen LogP contribution in [0.1, 0.15) is 30.6 Å². The van der Waals surface area contributed by atoms with E-state index in [-0.39, 0.29) is 5.91 Å². The molecule has 1 heterocycles. The Morgan fingerprint density at radius 2 is 2.38 bits per heavy atom. The maximum atomic E-state index is 11.4. The fourth-order valence-corrected chi connectivity index (χ4v) is 1.13. The van der Waals surface area contributed by atoms with Gasteiger partial charge in [0.25, 0.3) is 5.91 Å². The molecule has 90 valence electrons. The topological polar surface area (TPSA) is 67.0 Å². The van der Waals surface area contributed by atoms with Gasteiger partial charge in [-0.05, 0) is 12.3 Å². The van der Waals surface area contributed by atoms with Crippen LogP contribution in [0.5, 0.6) is 0 Å². The zero-order chi connectivity index (χ0) is 11.8. The van der Waals surface area contributed by atoms with E-state index in [4.69, 9.17) is 4.74 Å². The van der Waals surface area contributed by atoms with Crippen molar-refractivity contribution in [2.75, 3.05) is 19.8 Å². The van der Waals surface area contributed by atoms with Gasteiger partial charge >= 0.3 is 0 Å². The van der Waals surface area contributed by atoms with Gasteiger partial charge in [0.2, 0.25) is 0 Å². The Balaban J connectivity index is 2.01. The van der Waals surface area contributed by atoms with Gasteiger partial charge in [-0.25, -0.2) is 0 Å². The van der Waals surface area contributed by atoms with Crippen LogP contribution >= 0.6 is 0 Å². The second kappa shape index (κ2) is 7.00. The van der Waals surface area contributed by atoms with Gasteiger partial charge < -0.3 is 10.1 Å². The van der Waals surface area contributed by atoms with Gasteiger partial charge in [-0.1, -0.05) is 13.8 Å². The number of nitrogens with zero attached hydrogens (tertiary/aromatic N) is 1. The summed E-state index contributed by atoms with van der Waals surface area (Å²) in [6.45, 7) is 6.14. The third-order valence-corrected chi connectivity index (χ3v) is 2.13. The zero-order valence-electron chi connectivity index (χ0n) is 9.82. The molecular formula is C11H19N3O2. The Morgan fingerprint density at radius 1 is 1.56 bits per heavy atom. The molecule has 0 spiro atoms.